The molecule has 1 saturated heterocycles. The van der Waals surface area contributed by atoms with E-state index in [0.717, 1.165) is 28.6 Å². The summed E-state index contributed by atoms with van der Waals surface area (Å²) >= 11 is 0.935. The Bertz CT molecular complexity index is 950. The summed E-state index contributed by atoms with van der Waals surface area (Å²) in [6.07, 6.45) is 1.73. The van der Waals surface area contributed by atoms with Crippen molar-refractivity contribution >= 4 is 40.6 Å². The first kappa shape index (κ1) is 20.7. The molecule has 1 heterocycles. The maximum absolute atomic E-state index is 12.7. The van der Waals surface area contributed by atoms with Crippen LogP contribution >= 0.6 is 11.8 Å². The molecule has 7 heteroatoms. The van der Waals surface area contributed by atoms with Gasteiger partial charge in [-0.05, 0) is 60.2 Å². The van der Waals surface area contributed by atoms with Gasteiger partial charge in [-0.15, -0.1) is 0 Å². The van der Waals surface area contributed by atoms with Gasteiger partial charge in [0.2, 0.25) is 0 Å². The van der Waals surface area contributed by atoms with Crippen molar-refractivity contribution in [2.45, 2.75) is 13.5 Å². The summed E-state index contributed by atoms with van der Waals surface area (Å²) in [5.74, 6) is -0.709. The Morgan fingerprint density at radius 3 is 2.31 bits per heavy atom. The lowest BCUT2D eigenvalue weighted by Gasteiger charge is -2.13. The second-order valence-corrected chi connectivity index (χ2v) is 7.66. The molecule has 2 amide bonds. The van der Waals surface area contributed by atoms with Crippen LogP contribution in [-0.2, 0) is 16.1 Å². The van der Waals surface area contributed by atoms with Crippen molar-refractivity contribution in [1.82, 2.24) is 4.90 Å². The molecule has 2 aromatic carbocycles. The zero-order chi connectivity index (χ0) is 21.0. The average molecular weight is 410 g/mol. The van der Waals surface area contributed by atoms with Gasteiger partial charge in [0.25, 0.3) is 11.1 Å². The number of hydrogen-bond acceptors (Lipinski definition) is 6. The number of benzene rings is 2. The highest BCUT2D eigenvalue weighted by molar-refractivity contribution is 8.18. The van der Waals surface area contributed by atoms with Crippen molar-refractivity contribution in [2.75, 3.05) is 25.6 Å². The Morgan fingerprint density at radius 1 is 1.07 bits per heavy atom. The Hall–Kier alpha value is -3.06. The molecular formula is C22H22N2O4S. The topological polar surface area (TPSA) is 66.9 Å². The van der Waals surface area contributed by atoms with E-state index in [2.05, 4.69) is 0 Å². The summed E-state index contributed by atoms with van der Waals surface area (Å²) in [6, 6.07) is 14.5. The number of rotatable bonds is 6. The lowest BCUT2D eigenvalue weighted by atomic mass is 10.1. The van der Waals surface area contributed by atoms with Crippen LogP contribution in [0.3, 0.4) is 0 Å². The second kappa shape index (κ2) is 8.96. The van der Waals surface area contributed by atoms with Crippen molar-refractivity contribution in [1.29, 1.82) is 0 Å². The fourth-order valence-corrected chi connectivity index (χ4v) is 3.64. The number of anilines is 1. The van der Waals surface area contributed by atoms with E-state index in [0.29, 0.717) is 17.1 Å². The van der Waals surface area contributed by atoms with Crippen molar-refractivity contribution in [3.63, 3.8) is 0 Å². The van der Waals surface area contributed by atoms with Crippen molar-refractivity contribution in [3.05, 3.63) is 70.1 Å². The summed E-state index contributed by atoms with van der Waals surface area (Å²) in [4.78, 5) is 40.4. The van der Waals surface area contributed by atoms with Gasteiger partial charge in [0.15, 0.2) is 0 Å². The number of hydrogen-bond donors (Lipinski definition) is 0. The summed E-state index contributed by atoms with van der Waals surface area (Å²) in [5.41, 5.74) is 3.11. The Labute approximate surface area is 174 Å². The number of carbonyl (C=O) groups excluding carboxylic acids is 3. The molecule has 0 saturated carbocycles. The third-order valence-electron chi connectivity index (χ3n) is 4.39. The predicted molar refractivity (Wildman–Crippen MR) is 115 cm³/mol. The minimum Gasteiger partial charge on any atom is -0.462 e. The lowest BCUT2D eigenvalue weighted by Crippen LogP contribution is -2.27. The highest BCUT2D eigenvalue weighted by atomic mass is 32.2. The number of amides is 2. The van der Waals surface area contributed by atoms with Gasteiger partial charge in [-0.25, -0.2) is 4.79 Å². The minimum atomic E-state index is -0.395. The van der Waals surface area contributed by atoms with E-state index in [1.165, 1.54) is 4.90 Å². The van der Waals surface area contributed by atoms with Crippen molar-refractivity contribution < 1.29 is 19.1 Å². The molecule has 150 valence electrons. The molecule has 0 radical (unpaired) electrons. The molecule has 0 aliphatic carbocycles. The van der Waals surface area contributed by atoms with Gasteiger partial charge in [-0.3, -0.25) is 14.5 Å². The van der Waals surface area contributed by atoms with Gasteiger partial charge in [-0.1, -0.05) is 24.3 Å². The van der Waals surface area contributed by atoms with Crippen LogP contribution in [0.25, 0.3) is 6.08 Å². The molecule has 1 aliphatic heterocycles. The first-order valence-corrected chi connectivity index (χ1v) is 9.99. The fraction of sp³-hybridized carbons (Fsp3) is 0.227. The molecule has 0 N–H and O–H groups in total. The molecule has 0 bridgehead atoms. The number of esters is 1. The van der Waals surface area contributed by atoms with Gasteiger partial charge in [0.1, 0.15) is 0 Å². The van der Waals surface area contributed by atoms with Crippen LogP contribution in [0.15, 0.2) is 53.4 Å². The highest BCUT2D eigenvalue weighted by Gasteiger charge is 2.35. The van der Waals surface area contributed by atoms with Crippen LogP contribution in [0, 0.1) is 0 Å². The van der Waals surface area contributed by atoms with E-state index < -0.39 is 5.97 Å². The average Bonchev–Trinajstić information content (AvgIpc) is 2.96. The van der Waals surface area contributed by atoms with E-state index in [-0.39, 0.29) is 17.7 Å². The van der Waals surface area contributed by atoms with Crippen LogP contribution in [0.1, 0.15) is 28.4 Å². The molecule has 2 aromatic rings. The molecule has 0 spiro atoms. The van der Waals surface area contributed by atoms with E-state index in [9.17, 15) is 14.4 Å². The van der Waals surface area contributed by atoms with Crippen LogP contribution in [0.2, 0.25) is 0 Å². The largest absolute Gasteiger partial charge is 0.462 e. The number of thioether (sulfide) groups is 1. The normalized spacial score (nSPS) is 15.1. The van der Waals surface area contributed by atoms with E-state index in [1.807, 2.05) is 43.3 Å². The first-order valence-electron chi connectivity index (χ1n) is 9.18. The Morgan fingerprint density at radius 2 is 1.72 bits per heavy atom. The van der Waals surface area contributed by atoms with E-state index >= 15 is 0 Å². The summed E-state index contributed by atoms with van der Waals surface area (Å²) < 4.78 is 4.96. The summed E-state index contributed by atoms with van der Waals surface area (Å²) in [7, 11) is 3.92. The molecule has 0 atom stereocenters. The van der Waals surface area contributed by atoms with Gasteiger partial charge in [0, 0.05) is 19.8 Å². The smallest absolute Gasteiger partial charge is 0.338 e. The third-order valence-corrected chi connectivity index (χ3v) is 5.29. The number of imide groups is 1. The number of carbonyl (C=O) groups is 3. The van der Waals surface area contributed by atoms with Crippen LogP contribution in [0.4, 0.5) is 10.5 Å². The Kier molecular flexibility index (Phi) is 6.39. The molecule has 1 aliphatic rings. The van der Waals surface area contributed by atoms with Crippen LogP contribution < -0.4 is 4.90 Å². The van der Waals surface area contributed by atoms with Gasteiger partial charge in [-0.2, -0.15) is 0 Å². The van der Waals surface area contributed by atoms with Crippen molar-refractivity contribution in [2.24, 2.45) is 0 Å². The minimum absolute atomic E-state index is 0.157. The van der Waals surface area contributed by atoms with Gasteiger partial charge >= 0.3 is 5.97 Å². The molecule has 6 nitrogen and oxygen atoms in total. The first-order chi connectivity index (χ1) is 13.9. The number of nitrogens with zero attached hydrogens (tertiary/aromatic N) is 2. The zero-order valence-electron chi connectivity index (χ0n) is 16.5. The molecule has 3 rings (SSSR count). The summed E-state index contributed by atoms with van der Waals surface area (Å²) in [5, 5.41) is -0.305. The highest BCUT2D eigenvalue weighted by Crippen LogP contribution is 2.33. The lowest BCUT2D eigenvalue weighted by molar-refractivity contribution is -0.123. The maximum Gasteiger partial charge on any atom is 0.338 e. The number of ether oxygens (including phenoxy) is 1. The standard InChI is InChI=1S/C22H22N2O4S/c1-4-28-21(26)17-9-5-16(6-10-17)14-24-20(25)19(29-22(24)27)13-15-7-11-18(12-8-15)23(2)3/h5-13H,4,14H2,1-3H3. The third kappa shape index (κ3) is 4.86. The molecule has 29 heavy (non-hydrogen) atoms. The Balaban J connectivity index is 1.71. The maximum atomic E-state index is 12.7. The summed E-state index contributed by atoms with van der Waals surface area (Å²) in [6.45, 7) is 2.21. The molecular weight excluding hydrogens is 388 g/mol. The molecule has 1 fully saturated rings. The SMILES string of the molecule is CCOC(=O)c1ccc(CN2C(=O)SC(=Cc3ccc(N(C)C)cc3)C2=O)cc1. The van der Waals surface area contributed by atoms with Crippen molar-refractivity contribution in [3.8, 4) is 0 Å². The van der Waals surface area contributed by atoms with Gasteiger partial charge < -0.3 is 9.64 Å². The second-order valence-electron chi connectivity index (χ2n) is 6.67. The predicted octanol–water partition coefficient (Wildman–Crippen LogP) is 4.17. The molecule has 0 unspecified atom stereocenters. The van der Waals surface area contributed by atoms with Crippen LogP contribution in [0.5, 0.6) is 0 Å². The monoisotopic (exact) mass is 410 g/mol. The van der Waals surface area contributed by atoms with Crippen LogP contribution in [-0.4, -0.2) is 42.7 Å². The fourth-order valence-electron chi connectivity index (χ4n) is 2.80. The quantitative estimate of drug-likeness (QED) is 0.526. The van der Waals surface area contributed by atoms with Gasteiger partial charge in [0.05, 0.1) is 23.6 Å². The van der Waals surface area contributed by atoms with E-state index in [4.69, 9.17) is 4.74 Å². The van der Waals surface area contributed by atoms with E-state index in [1.54, 1.807) is 37.3 Å². The molecule has 0 aromatic heterocycles. The zero-order valence-corrected chi connectivity index (χ0v) is 17.4.